The van der Waals surface area contributed by atoms with Gasteiger partial charge in [-0.2, -0.15) is 0 Å². The van der Waals surface area contributed by atoms with Crippen molar-refractivity contribution in [1.29, 1.82) is 0 Å². The Morgan fingerprint density at radius 1 is 1.32 bits per heavy atom. The summed E-state index contributed by atoms with van der Waals surface area (Å²) in [4.78, 5) is 24.6. The second kappa shape index (κ2) is 5.15. The minimum atomic E-state index is 0.292. The van der Waals surface area contributed by atoms with E-state index in [1.165, 1.54) is 0 Å². The van der Waals surface area contributed by atoms with Crippen molar-refractivity contribution in [3.05, 3.63) is 18.6 Å². The summed E-state index contributed by atoms with van der Waals surface area (Å²) in [5.41, 5.74) is 0. The van der Waals surface area contributed by atoms with Gasteiger partial charge in [0.2, 0.25) is 5.91 Å². The summed E-state index contributed by atoms with van der Waals surface area (Å²) < 4.78 is 0. The molecule has 2 saturated heterocycles. The van der Waals surface area contributed by atoms with E-state index in [-0.39, 0.29) is 0 Å². The Labute approximate surface area is 113 Å². The molecule has 2 fully saturated rings. The highest BCUT2D eigenvalue weighted by molar-refractivity contribution is 5.76. The van der Waals surface area contributed by atoms with Crippen molar-refractivity contribution in [3.8, 4) is 0 Å². The van der Waals surface area contributed by atoms with Crippen LogP contribution in [0, 0.1) is 11.8 Å². The molecule has 5 nitrogen and oxygen atoms in total. The zero-order valence-corrected chi connectivity index (χ0v) is 11.3. The van der Waals surface area contributed by atoms with Crippen LogP contribution in [-0.4, -0.2) is 47.0 Å². The zero-order valence-electron chi connectivity index (χ0n) is 11.3. The minimum Gasteiger partial charge on any atom is -0.355 e. The standard InChI is InChI=1S/C14H20N4O/c1-2-14(19)18-8-11-3-6-17(9-12(11)10-18)13-7-15-4-5-16-13/h4-5,7,11-12H,2-3,6,8-10H2,1H3/t11-,12-/m0/s1. The van der Waals surface area contributed by atoms with E-state index in [0.717, 1.165) is 38.4 Å². The van der Waals surface area contributed by atoms with Crippen LogP contribution in [0.3, 0.4) is 0 Å². The van der Waals surface area contributed by atoms with Gasteiger partial charge in [-0.05, 0) is 18.3 Å². The van der Waals surface area contributed by atoms with E-state index in [0.29, 0.717) is 24.2 Å². The first-order valence-corrected chi connectivity index (χ1v) is 7.06. The molecule has 0 aliphatic carbocycles. The van der Waals surface area contributed by atoms with Crippen molar-refractivity contribution >= 4 is 11.7 Å². The molecule has 0 unspecified atom stereocenters. The number of hydrogen-bond acceptors (Lipinski definition) is 4. The van der Waals surface area contributed by atoms with E-state index in [1.54, 1.807) is 12.4 Å². The SMILES string of the molecule is CCC(=O)N1C[C@@H]2CN(c3cnccn3)CC[C@H]2C1. The summed E-state index contributed by atoms with van der Waals surface area (Å²) >= 11 is 0. The molecule has 102 valence electrons. The second-order valence-corrected chi connectivity index (χ2v) is 5.47. The quantitative estimate of drug-likeness (QED) is 0.801. The molecular weight excluding hydrogens is 240 g/mol. The highest BCUT2D eigenvalue weighted by Gasteiger charge is 2.38. The van der Waals surface area contributed by atoms with Gasteiger partial charge in [0, 0.05) is 45.0 Å². The van der Waals surface area contributed by atoms with Crippen LogP contribution in [0.15, 0.2) is 18.6 Å². The molecular formula is C14H20N4O. The van der Waals surface area contributed by atoms with Crippen molar-refractivity contribution in [1.82, 2.24) is 14.9 Å². The molecule has 3 heterocycles. The van der Waals surface area contributed by atoms with Gasteiger partial charge in [-0.1, -0.05) is 6.92 Å². The predicted octanol–water partition coefficient (Wildman–Crippen LogP) is 1.17. The second-order valence-electron chi connectivity index (χ2n) is 5.47. The molecule has 2 aliphatic heterocycles. The van der Waals surface area contributed by atoms with E-state index in [2.05, 4.69) is 14.9 Å². The van der Waals surface area contributed by atoms with Gasteiger partial charge in [-0.3, -0.25) is 9.78 Å². The minimum absolute atomic E-state index is 0.292. The van der Waals surface area contributed by atoms with Gasteiger partial charge in [-0.15, -0.1) is 0 Å². The smallest absolute Gasteiger partial charge is 0.222 e. The lowest BCUT2D eigenvalue weighted by molar-refractivity contribution is -0.130. The summed E-state index contributed by atoms with van der Waals surface area (Å²) in [6.07, 6.45) is 7.03. The maximum Gasteiger partial charge on any atom is 0.222 e. The first-order chi connectivity index (χ1) is 9.28. The summed E-state index contributed by atoms with van der Waals surface area (Å²) in [6.45, 7) is 5.82. The predicted molar refractivity (Wildman–Crippen MR) is 72.7 cm³/mol. The number of carbonyl (C=O) groups is 1. The maximum atomic E-state index is 11.8. The number of fused-ring (bicyclic) bond motifs is 1. The van der Waals surface area contributed by atoms with Gasteiger partial charge in [0.1, 0.15) is 5.82 Å². The molecule has 2 atom stereocenters. The Balaban J connectivity index is 1.67. The van der Waals surface area contributed by atoms with E-state index >= 15 is 0 Å². The normalized spacial score (nSPS) is 26.4. The third kappa shape index (κ3) is 2.41. The third-order valence-electron chi connectivity index (χ3n) is 4.33. The number of amides is 1. The largest absolute Gasteiger partial charge is 0.355 e. The van der Waals surface area contributed by atoms with Crippen LogP contribution in [0.4, 0.5) is 5.82 Å². The molecule has 0 spiro atoms. The Morgan fingerprint density at radius 2 is 2.16 bits per heavy atom. The van der Waals surface area contributed by atoms with Crippen molar-refractivity contribution in [2.45, 2.75) is 19.8 Å². The van der Waals surface area contributed by atoms with E-state index < -0.39 is 0 Å². The summed E-state index contributed by atoms with van der Waals surface area (Å²) in [6, 6.07) is 0. The van der Waals surface area contributed by atoms with E-state index in [4.69, 9.17) is 0 Å². The van der Waals surface area contributed by atoms with Crippen LogP contribution in [-0.2, 0) is 4.79 Å². The van der Waals surface area contributed by atoms with Crippen molar-refractivity contribution in [3.63, 3.8) is 0 Å². The lowest BCUT2D eigenvalue weighted by atomic mass is 9.89. The fraction of sp³-hybridized carbons (Fsp3) is 0.643. The lowest BCUT2D eigenvalue weighted by Gasteiger charge is -2.34. The number of rotatable bonds is 2. The molecule has 0 N–H and O–H groups in total. The molecule has 0 aromatic carbocycles. The topological polar surface area (TPSA) is 49.3 Å². The third-order valence-corrected chi connectivity index (χ3v) is 4.33. The van der Waals surface area contributed by atoms with Crippen molar-refractivity contribution in [2.75, 3.05) is 31.1 Å². The molecule has 1 aromatic rings. The van der Waals surface area contributed by atoms with Crippen LogP contribution >= 0.6 is 0 Å². The number of hydrogen-bond donors (Lipinski definition) is 0. The maximum absolute atomic E-state index is 11.8. The first-order valence-electron chi connectivity index (χ1n) is 7.06. The molecule has 0 saturated carbocycles. The van der Waals surface area contributed by atoms with Crippen molar-refractivity contribution < 1.29 is 4.79 Å². The van der Waals surface area contributed by atoms with Crippen LogP contribution in [0.1, 0.15) is 19.8 Å². The Morgan fingerprint density at radius 3 is 2.89 bits per heavy atom. The monoisotopic (exact) mass is 260 g/mol. The van der Waals surface area contributed by atoms with Gasteiger partial charge >= 0.3 is 0 Å². The summed E-state index contributed by atoms with van der Waals surface area (Å²) in [7, 11) is 0. The summed E-state index contributed by atoms with van der Waals surface area (Å²) in [5.74, 6) is 2.51. The van der Waals surface area contributed by atoms with Crippen LogP contribution in [0.25, 0.3) is 0 Å². The number of nitrogens with zero attached hydrogens (tertiary/aromatic N) is 4. The lowest BCUT2D eigenvalue weighted by Crippen LogP contribution is -2.40. The Hall–Kier alpha value is -1.65. The molecule has 1 amide bonds. The highest BCUT2D eigenvalue weighted by Crippen LogP contribution is 2.32. The fourth-order valence-electron chi connectivity index (χ4n) is 3.26. The van der Waals surface area contributed by atoms with E-state index in [9.17, 15) is 4.79 Å². The molecule has 0 bridgehead atoms. The molecule has 5 heteroatoms. The number of aromatic nitrogens is 2. The van der Waals surface area contributed by atoms with E-state index in [1.807, 2.05) is 18.0 Å². The molecule has 0 radical (unpaired) electrons. The van der Waals surface area contributed by atoms with Gasteiger partial charge in [0.25, 0.3) is 0 Å². The number of likely N-dealkylation sites (tertiary alicyclic amines) is 1. The van der Waals surface area contributed by atoms with Crippen LogP contribution < -0.4 is 4.90 Å². The first kappa shape index (κ1) is 12.4. The number of carbonyl (C=O) groups excluding carboxylic acids is 1. The van der Waals surface area contributed by atoms with Crippen LogP contribution in [0.2, 0.25) is 0 Å². The molecule has 19 heavy (non-hydrogen) atoms. The highest BCUT2D eigenvalue weighted by atomic mass is 16.2. The zero-order chi connectivity index (χ0) is 13.2. The average Bonchev–Trinajstić information content (AvgIpc) is 2.90. The van der Waals surface area contributed by atoms with Gasteiger partial charge < -0.3 is 9.80 Å². The Bertz CT molecular complexity index is 450. The Kier molecular flexibility index (Phi) is 3.36. The summed E-state index contributed by atoms with van der Waals surface area (Å²) in [5, 5.41) is 0. The average molecular weight is 260 g/mol. The molecule has 1 aromatic heterocycles. The van der Waals surface area contributed by atoms with Gasteiger partial charge in [0.05, 0.1) is 6.20 Å². The fourth-order valence-corrected chi connectivity index (χ4v) is 3.26. The van der Waals surface area contributed by atoms with Crippen LogP contribution in [0.5, 0.6) is 0 Å². The molecule has 3 rings (SSSR count). The van der Waals surface area contributed by atoms with Crippen molar-refractivity contribution in [2.24, 2.45) is 11.8 Å². The van der Waals surface area contributed by atoms with Gasteiger partial charge in [-0.25, -0.2) is 4.98 Å². The molecule has 2 aliphatic rings. The number of piperidine rings is 1. The number of anilines is 1. The van der Waals surface area contributed by atoms with Gasteiger partial charge in [0.15, 0.2) is 0 Å².